The minimum atomic E-state index is 0.0833. The first-order chi connectivity index (χ1) is 11.2. The summed E-state index contributed by atoms with van der Waals surface area (Å²) < 4.78 is 5.38. The fourth-order valence-corrected chi connectivity index (χ4v) is 3.65. The van der Waals surface area contributed by atoms with Gasteiger partial charge >= 0.3 is 6.03 Å². The van der Waals surface area contributed by atoms with Crippen LogP contribution < -0.4 is 10.1 Å². The number of fused-ring (bicyclic) bond motifs is 1. The molecule has 1 atom stereocenters. The number of piperazine rings is 1. The molecule has 1 saturated heterocycles. The van der Waals surface area contributed by atoms with Crippen molar-refractivity contribution in [2.45, 2.75) is 32.2 Å². The van der Waals surface area contributed by atoms with Crippen LogP contribution >= 0.6 is 0 Å². The predicted molar refractivity (Wildman–Crippen MR) is 90.9 cm³/mol. The fraction of sp³-hybridized carbons (Fsp3) is 0.611. The summed E-state index contributed by atoms with van der Waals surface area (Å²) in [6.45, 7) is 6.34. The number of carbonyl (C=O) groups excluding carboxylic acids is 1. The Hall–Kier alpha value is -1.75. The number of ether oxygens (including phenoxy) is 1. The summed E-state index contributed by atoms with van der Waals surface area (Å²) >= 11 is 0. The van der Waals surface area contributed by atoms with Crippen LogP contribution in [0.25, 0.3) is 0 Å². The van der Waals surface area contributed by atoms with Gasteiger partial charge in [0.1, 0.15) is 5.75 Å². The molecule has 3 rings (SSSR count). The monoisotopic (exact) mass is 317 g/mol. The maximum absolute atomic E-state index is 12.0. The Labute approximate surface area is 138 Å². The van der Waals surface area contributed by atoms with E-state index in [4.69, 9.17) is 4.74 Å². The van der Waals surface area contributed by atoms with Gasteiger partial charge in [0, 0.05) is 38.8 Å². The summed E-state index contributed by atoms with van der Waals surface area (Å²) in [6.07, 6.45) is 3.29. The van der Waals surface area contributed by atoms with E-state index in [1.807, 2.05) is 4.90 Å². The smallest absolute Gasteiger partial charge is 0.317 e. The molecule has 5 heteroatoms. The average molecular weight is 317 g/mol. The molecule has 0 saturated carbocycles. The molecule has 0 spiro atoms. The second-order valence-corrected chi connectivity index (χ2v) is 6.37. The lowest BCUT2D eigenvalue weighted by Gasteiger charge is -2.38. The molecule has 0 aromatic heterocycles. The molecular formula is C18H27N3O2. The first kappa shape index (κ1) is 16.1. The highest BCUT2D eigenvalue weighted by molar-refractivity contribution is 5.74. The molecule has 5 nitrogen and oxygen atoms in total. The Morgan fingerprint density at radius 3 is 2.78 bits per heavy atom. The fourth-order valence-electron chi connectivity index (χ4n) is 3.65. The lowest BCUT2D eigenvalue weighted by Crippen LogP contribution is -2.52. The van der Waals surface area contributed by atoms with Crippen LogP contribution in [0.4, 0.5) is 4.79 Å². The van der Waals surface area contributed by atoms with Crippen LogP contribution in [-0.2, 0) is 6.42 Å². The van der Waals surface area contributed by atoms with Crippen molar-refractivity contribution in [3.05, 3.63) is 29.3 Å². The average Bonchev–Trinajstić information content (AvgIpc) is 3.02. The van der Waals surface area contributed by atoms with Gasteiger partial charge in [-0.15, -0.1) is 0 Å². The molecular weight excluding hydrogens is 290 g/mol. The summed E-state index contributed by atoms with van der Waals surface area (Å²) in [5.41, 5.74) is 2.85. The van der Waals surface area contributed by atoms with Crippen LogP contribution in [0.2, 0.25) is 0 Å². The van der Waals surface area contributed by atoms with Crippen LogP contribution in [0.1, 0.15) is 36.9 Å². The normalized spacial score (nSPS) is 21.1. The van der Waals surface area contributed by atoms with E-state index in [0.29, 0.717) is 6.04 Å². The van der Waals surface area contributed by atoms with Crippen molar-refractivity contribution in [1.29, 1.82) is 0 Å². The van der Waals surface area contributed by atoms with E-state index in [1.54, 1.807) is 7.11 Å². The summed E-state index contributed by atoms with van der Waals surface area (Å²) in [7, 11) is 1.72. The van der Waals surface area contributed by atoms with Crippen LogP contribution in [0.5, 0.6) is 5.75 Å². The number of amides is 2. The van der Waals surface area contributed by atoms with Crippen LogP contribution in [0.3, 0.4) is 0 Å². The van der Waals surface area contributed by atoms with Gasteiger partial charge < -0.3 is 15.0 Å². The van der Waals surface area contributed by atoms with Gasteiger partial charge in [0.25, 0.3) is 0 Å². The summed E-state index contributed by atoms with van der Waals surface area (Å²) in [5, 5.41) is 2.97. The van der Waals surface area contributed by atoms with Crippen molar-refractivity contribution in [2.24, 2.45) is 0 Å². The number of hydrogen-bond acceptors (Lipinski definition) is 3. The van der Waals surface area contributed by atoms with Gasteiger partial charge in [-0.1, -0.05) is 13.0 Å². The molecule has 126 valence electrons. The SMILES string of the molecule is CCCNC(=O)N1CCN(C2CCc3ccc(OC)cc32)CC1. The topological polar surface area (TPSA) is 44.8 Å². The molecule has 1 aromatic carbocycles. The standard InChI is InChI=1S/C18H27N3O2/c1-3-8-19-18(22)21-11-9-20(10-12-21)17-7-5-14-4-6-15(23-2)13-16(14)17/h4,6,13,17H,3,5,7-12H2,1-2H3,(H,19,22). The number of nitrogens with one attached hydrogen (secondary N) is 1. The maximum Gasteiger partial charge on any atom is 0.317 e. The third kappa shape index (κ3) is 3.44. The molecule has 1 aromatic rings. The number of methoxy groups -OCH3 is 1. The molecule has 1 N–H and O–H groups in total. The van der Waals surface area contributed by atoms with E-state index in [9.17, 15) is 4.79 Å². The van der Waals surface area contributed by atoms with E-state index >= 15 is 0 Å². The van der Waals surface area contributed by atoms with Gasteiger partial charge in [-0.2, -0.15) is 0 Å². The molecule has 2 aliphatic rings. The highest BCUT2D eigenvalue weighted by atomic mass is 16.5. The summed E-state index contributed by atoms with van der Waals surface area (Å²) in [6, 6.07) is 6.99. The molecule has 23 heavy (non-hydrogen) atoms. The maximum atomic E-state index is 12.0. The Kier molecular flexibility index (Phi) is 5.06. The number of hydrogen-bond donors (Lipinski definition) is 1. The largest absolute Gasteiger partial charge is 0.497 e. The van der Waals surface area contributed by atoms with Gasteiger partial charge in [0.15, 0.2) is 0 Å². The number of urea groups is 1. The van der Waals surface area contributed by atoms with Crippen molar-refractivity contribution in [3.8, 4) is 5.75 Å². The highest BCUT2D eigenvalue weighted by Gasteiger charge is 2.31. The Balaban J connectivity index is 1.60. The van der Waals surface area contributed by atoms with E-state index in [1.165, 1.54) is 17.5 Å². The quantitative estimate of drug-likeness (QED) is 0.927. The van der Waals surface area contributed by atoms with Crippen molar-refractivity contribution in [1.82, 2.24) is 15.1 Å². The minimum Gasteiger partial charge on any atom is -0.497 e. The second-order valence-electron chi connectivity index (χ2n) is 6.37. The first-order valence-corrected chi connectivity index (χ1v) is 8.66. The van der Waals surface area contributed by atoms with E-state index in [0.717, 1.165) is 51.3 Å². The van der Waals surface area contributed by atoms with Gasteiger partial charge in [-0.3, -0.25) is 4.90 Å². The zero-order valence-corrected chi connectivity index (χ0v) is 14.2. The van der Waals surface area contributed by atoms with Gasteiger partial charge in [0.2, 0.25) is 0 Å². The third-order valence-electron chi connectivity index (χ3n) is 4.97. The molecule has 1 heterocycles. The lowest BCUT2D eigenvalue weighted by molar-refractivity contribution is 0.108. The first-order valence-electron chi connectivity index (χ1n) is 8.66. The Morgan fingerprint density at radius 2 is 2.09 bits per heavy atom. The van der Waals surface area contributed by atoms with Gasteiger partial charge in [-0.05, 0) is 42.5 Å². The zero-order chi connectivity index (χ0) is 16.2. The number of nitrogens with zero attached hydrogens (tertiary/aromatic N) is 2. The van der Waals surface area contributed by atoms with E-state index < -0.39 is 0 Å². The van der Waals surface area contributed by atoms with Crippen LogP contribution in [0.15, 0.2) is 18.2 Å². The lowest BCUT2D eigenvalue weighted by atomic mass is 10.1. The van der Waals surface area contributed by atoms with Gasteiger partial charge in [0.05, 0.1) is 7.11 Å². The third-order valence-corrected chi connectivity index (χ3v) is 4.97. The molecule has 1 fully saturated rings. The van der Waals surface area contributed by atoms with Crippen LogP contribution in [0, 0.1) is 0 Å². The molecule has 0 radical (unpaired) electrons. The molecule has 2 amide bonds. The number of aryl methyl sites for hydroxylation is 1. The zero-order valence-electron chi connectivity index (χ0n) is 14.2. The Morgan fingerprint density at radius 1 is 1.30 bits per heavy atom. The van der Waals surface area contributed by atoms with E-state index in [-0.39, 0.29) is 6.03 Å². The van der Waals surface area contributed by atoms with Crippen molar-refractivity contribution in [3.63, 3.8) is 0 Å². The summed E-state index contributed by atoms with van der Waals surface area (Å²) in [4.78, 5) is 16.5. The number of rotatable bonds is 4. The number of carbonyl (C=O) groups is 1. The number of benzene rings is 1. The molecule has 0 bridgehead atoms. The van der Waals surface area contributed by atoms with Crippen molar-refractivity contribution in [2.75, 3.05) is 39.8 Å². The molecule has 1 aliphatic carbocycles. The van der Waals surface area contributed by atoms with Crippen LogP contribution in [-0.4, -0.2) is 55.7 Å². The van der Waals surface area contributed by atoms with Crippen molar-refractivity contribution < 1.29 is 9.53 Å². The molecule has 1 unspecified atom stereocenters. The Bertz CT molecular complexity index is 553. The molecule has 1 aliphatic heterocycles. The highest BCUT2D eigenvalue weighted by Crippen LogP contribution is 2.38. The van der Waals surface area contributed by atoms with Crippen molar-refractivity contribution >= 4 is 6.03 Å². The summed E-state index contributed by atoms with van der Waals surface area (Å²) in [5.74, 6) is 0.938. The van der Waals surface area contributed by atoms with Gasteiger partial charge in [-0.25, -0.2) is 4.79 Å². The second kappa shape index (κ2) is 7.21. The predicted octanol–water partition coefficient (Wildman–Crippen LogP) is 2.42. The van der Waals surface area contributed by atoms with E-state index in [2.05, 4.69) is 35.3 Å². The minimum absolute atomic E-state index is 0.0833.